The summed E-state index contributed by atoms with van der Waals surface area (Å²) in [4.78, 5) is 23.0. The predicted molar refractivity (Wildman–Crippen MR) is 160 cm³/mol. The summed E-state index contributed by atoms with van der Waals surface area (Å²) in [6, 6.07) is 9.94. The van der Waals surface area contributed by atoms with Gasteiger partial charge in [-0.25, -0.2) is 13.4 Å². The molecule has 0 spiro atoms. The summed E-state index contributed by atoms with van der Waals surface area (Å²) in [6.45, 7) is 5.52. The van der Waals surface area contributed by atoms with E-state index in [-0.39, 0.29) is 10.8 Å². The molecular weight excluding hydrogens is 564 g/mol. The van der Waals surface area contributed by atoms with E-state index >= 15 is 0 Å². The van der Waals surface area contributed by atoms with Gasteiger partial charge in [0.1, 0.15) is 21.7 Å². The maximum absolute atomic E-state index is 14.0. The lowest BCUT2D eigenvalue weighted by atomic mass is 10.2. The maximum atomic E-state index is 14.0. The van der Waals surface area contributed by atoms with Gasteiger partial charge in [-0.15, -0.1) is 0 Å². The van der Waals surface area contributed by atoms with Gasteiger partial charge in [0, 0.05) is 44.8 Å². The number of fused-ring (bicyclic) bond motifs is 1. The van der Waals surface area contributed by atoms with E-state index in [1.165, 1.54) is 11.3 Å². The van der Waals surface area contributed by atoms with E-state index in [1.807, 2.05) is 6.07 Å². The first-order valence-corrected chi connectivity index (χ1v) is 16.4. The zero-order chi connectivity index (χ0) is 28.8. The van der Waals surface area contributed by atoms with Gasteiger partial charge in [-0.1, -0.05) is 24.2 Å². The van der Waals surface area contributed by atoms with Crippen molar-refractivity contribution in [3.8, 4) is 11.5 Å². The number of thiazole rings is 1. The zero-order valence-corrected chi connectivity index (χ0v) is 25.3. The van der Waals surface area contributed by atoms with E-state index in [4.69, 9.17) is 19.2 Å². The largest absolute Gasteiger partial charge is 0.495 e. The molecule has 10 nitrogen and oxygen atoms in total. The highest BCUT2D eigenvalue weighted by atomic mass is 32.2. The predicted octanol–water partition coefficient (Wildman–Crippen LogP) is 4.25. The molecule has 0 bridgehead atoms. The first-order chi connectivity index (χ1) is 19.9. The van der Waals surface area contributed by atoms with Crippen molar-refractivity contribution in [2.75, 3.05) is 71.6 Å². The van der Waals surface area contributed by atoms with E-state index in [1.54, 1.807) is 53.8 Å². The van der Waals surface area contributed by atoms with Crippen LogP contribution in [0.15, 0.2) is 41.3 Å². The standard InChI is InChI=1S/C29H38N4O6S2/c1-37-24-12-13-25(38-2)27-26(24)30-29(40-27)33(17-7-14-31-18-20-39-21-19-31)28(34)22-8-10-23(11-9-22)41(35,36)32-15-5-3-4-6-16-32/h8-13H,3-7,14-21H2,1-2H3. The number of anilines is 1. The summed E-state index contributed by atoms with van der Waals surface area (Å²) in [5.41, 5.74) is 1.04. The van der Waals surface area contributed by atoms with Crippen LogP contribution >= 0.6 is 11.3 Å². The molecule has 2 aliphatic heterocycles. The summed E-state index contributed by atoms with van der Waals surface area (Å²) < 4.78 is 45.5. The number of nitrogens with zero attached hydrogens (tertiary/aromatic N) is 4. The molecule has 3 aromatic rings. The minimum absolute atomic E-state index is 0.212. The van der Waals surface area contributed by atoms with Crippen molar-refractivity contribution in [3.05, 3.63) is 42.0 Å². The monoisotopic (exact) mass is 602 g/mol. The number of morpholine rings is 1. The van der Waals surface area contributed by atoms with Gasteiger partial charge in [0.15, 0.2) is 5.13 Å². The Labute approximate surface area is 245 Å². The third-order valence-corrected chi connectivity index (χ3v) is 10.6. The van der Waals surface area contributed by atoms with Crippen LogP contribution in [0.25, 0.3) is 10.2 Å². The van der Waals surface area contributed by atoms with Crippen LogP contribution in [0.1, 0.15) is 42.5 Å². The Bertz CT molecular complexity index is 1390. The van der Waals surface area contributed by atoms with E-state index in [0.29, 0.717) is 60.6 Å². The number of hydrogen-bond donors (Lipinski definition) is 0. The molecule has 2 fully saturated rings. The molecule has 0 aliphatic carbocycles. The Kier molecular flexibility index (Phi) is 9.76. The number of carbonyl (C=O) groups is 1. The van der Waals surface area contributed by atoms with E-state index < -0.39 is 10.0 Å². The molecule has 41 heavy (non-hydrogen) atoms. The van der Waals surface area contributed by atoms with Crippen LogP contribution in [0.2, 0.25) is 0 Å². The first-order valence-electron chi connectivity index (χ1n) is 14.2. The Balaban J connectivity index is 1.42. The molecule has 1 aromatic heterocycles. The quantitative estimate of drug-likeness (QED) is 0.340. The van der Waals surface area contributed by atoms with Gasteiger partial charge in [0.05, 0.1) is 32.3 Å². The molecule has 0 N–H and O–H groups in total. The van der Waals surface area contributed by atoms with Gasteiger partial charge in [0.25, 0.3) is 5.91 Å². The molecule has 5 rings (SSSR count). The van der Waals surface area contributed by atoms with Gasteiger partial charge in [-0.3, -0.25) is 14.6 Å². The van der Waals surface area contributed by atoms with Crippen molar-refractivity contribution in [2.45, 2.75) is 37.0 Å². The molecule has 1 amide bonds. The fraction of sp³-hybridized carbons (Fsp3) is 0.517. The number of amides is 1. The summed E-state index contributed by atoms with van der Waals surface area (Å²) in [6.07, 6.45) is 4.58. The summed E-state index contributed by atoms with van der Waals surface area (Å²) in [7, 11) is -0.411. The van der Waals surface area contributed by atoms with Crippen LogP contribution < -0.4 is 14.4 Å². The van der Waals surface area contributed by atoms with E-state index in [0.717, 1.165) is 56.4 Å². The lowest BCUT2D eigenvalue weighted by Gasteiger charge is -2.27. The highest BCUT2D eigenvalue weighted by molar-refractivity contribution is 7.89. The van der Waals surface area contributed by atoms with Gasteiger partial charge in [0.2, 0.25) is 10.0 Å². The number of rotatable bonds is 10. The van der Waals surface area contributed by atoms with Crippen molar-refractivity contribution in [3.63, 3.8) is 0 Å². The van der Waals surface area contributed by atoms with Gasteiger partial charge >= 0.3 is 0 Å². The minimum Gasteiger partial charge on any atom is -0.495 e. The fourth-order valence-corrected chi connectivity index (χ4v) is 7.92. The molecule has 2 aliphatic rings. The number of carbonyl (C=O) groups excluding carboxylic acids is 1. The average Bonchev–Trinajstić information content (AvgIpc) is 3.25. The van der Waals surface area contributed by atoms with Crippen LogP contribution in [-0.2, 0) is 14.8 Å². The van der Waals surface area contributed by atoms with Crippen molar-refractivity contribution in [1.82, 2.24) is 14.2 Å². The van der Waals surface area contributed by atoms with Crippen molar-refractivity contribution in [2.24, 2.45) is 0 Å². The molecule has 3 heterocycles. The average molecular weight is 603 g/mol. The van der Waals surface area contributed by atoms with Gasteiger partial charge < -0.3 is 14.2 Å². The molecule has 12 heteroatoms. The van der Waals surface area contributed by atoms with Crippen LogP contribution in [0.4, 0.5) is 5.13 Å². The van der Waals surface area contributed by atoms with Crippen LogP contribution in [0, 0.1) is 0 Å². The molecule has 0 unspecified atom stereocenters. The fourth-order valence-electron chi connectivity index (χ4n) is 5.31. The molecule has 0 saturated carbocycles. The number of sulfonamides is 1. The first kappa shape index (κ1) is 29.7. The molecular formula is C29H38N4O6S2. The summed E-state index contributed by atoms with van der Waals surface area (Å²) in [5.74, 6) is 1.03. The number of ether oxygens (including phenoxy) is 3. The van der Waals surface area contributed by atoms with Crippen molar-refractivity contribution in [1.29, 1.82) is 0 Å². The van der Waals surface area contributed by atoms with E-state index in [9.17, 15) is 13.2 Å². The summed E-state index contributed by atoms with van der Waals surface area (Å²) >= 11 is 1.38. The maximum Gasteiger partial charge on any atom is 0.260 e. The SMILES string of the molecule is COc1ccc(OC)c2sc(N(CCCN3CCOCC3)C(=O)c3ccc(S(=O)(=O)N4CCCCCC4)cc3)nc12. The lowest BCUT2D eigenvalue weighted by Crippen LogP contribution is -2.39. The molecule has 2 aromatic carbocycles. The number of hydrogen-bond acceptors (Lipinski definition) is 9. The molecule has 0 atom stereocenters. The molecule has 0 radical (unpaired) electrons. The normalized spacial score (nSPS) is 17.3. The molecule has 2 saturated heterocycles. The Morgan fingerprint density at radius 2 is 1.61 bits per heavy atom. The van der Waals surface area contributed by atoms with Crippen LogP contribution in [-0.4, -0.2) is 95.2 Å². The highest BCUT2D eigenvalue weighted by Crippen LogP contribution is 2.40. The smallest absolute Gasteiger partial charge is 0.260 e. The second-order valence-electron chi connectivity index (χ2n) is 10.3. The topological polar surface area (TPSA) is 102 Å². The Morgan fingerprint density at radius 1 is 0.951 bits per heavy atom. The molecule has 222 valence electrons. The number of aromatic nitrogens is 1. The third-order valence-electron chi connectivity index (χ3n) is 7.64. The van der Waals surface area contributed by atoms with E-state index in [2.05, 4.69) is 4.90 Å². The van der Waals surface area contributed by atoms with Crippen molar-refractivity contribution < 1.29 is 27.4 Å². The highest BCUT2D eigenvalue weighted by Gasteiger charge is 2.27. The van der Waals surface area contributed by atoms with Gasteiger partial charge in [-0.2, -0.15) is 4.31 Å². The number of methoxy groups -OCH3 is 2. The summed E-state index contributed by atoms with van der Waals surface area (Å²) in [5, 5.41) is 0.538. The minimum atomic E-state index is -3.60. The zero-order valence-electron chi connectivity index (χ0n) is 23.7. The van der Waals surface area contributed by atoms with Crippen molar-refractivity contribution >= 4 is 42.6 Å². The second-order valence-corrected chi connectivity index (χ2v) is 13.2. The number of benzene rings is 2. The van der Waals surface area contributed by atoms with Gasteiger partial charge in [-0.05, 0) is 55.7 Å². The Hall–Kier alpha value is -2.77. The third kappa shape index (κ3) is 6.67. The van der Waals surface area contributed by atoms with Crippen LogP contribution in [0.3, 0.4) is 0 Å². The van der Waals surface area contributed by atoms with Crippen LogP contribution in [0.5, 0.6) is 11.5 Å². The lowest BCUT2D eigenvalue weighted by molar-refractivity contribution is 0.0376. The Morgan fingerprint density at radius 3 is 2.27 bits per heavy atom. The second kappa shape index (κ2) is 13.5.